The van der Waals surface area contributed by atoms with E-state index < -0.39 is 8.40 Å². The van der Waals surface area contributed by atoms with Crippen LogP contribution in [0.5, 0.6) is 0 Å². The maximum absolute atomic E-state index is 4.95. The average molecular weight is 503 g/mol. The van der Waals surface area contributed by atoms with Crippen molar-refractivity contribution in [1.29, 1.82) is 0 Å². The fraction of sp³-hybridized carbons (Fsp3) is 0.0294. The molecule has 2 aromatic heterocycles. The van der Waals surface area contributed by atoms with E-state index in [0.29, 0.717) is 6.54 Å². The molecule has 1 aliphatic heterocycles. The molecule has 0 atom stereocenters. The molecule has 5 aromatic carbocycles. The second kappa shape index (κ2) is 8.44. The molecule has 0 bridgehead atoms. The zero-order valence-corrected chi connectivity index (χ0v) is 21.7. The van der Waals surface area contributed by atoms with Crippen LogP contribution in [0.25, 0.3) is 53.5 Å². The monoisotopic (exact) mass is 502 g/mol. The summed E-state index contributed by atoms with van der Waals surface area (Å²) in [6, 6.07) is 44.1. The Morgan fingerprint density at radius 1 is 0.605 bits per heavy atom. The van der Waals surface area contributed by atoms with Crippen molar-refractivity contribution in [3.8, 4) is 5.19 Å². The van der Waals surface area contributed by atoms with E-state index in [2.05, 4.69) is 137 Å². The van der Waals surface area contributed by atoms with Crippen molar-refractivity contribution in [3.05, 3.63) is 133 Å². The number of aromatic nitrogens is 1. The molecule has 0 spiro atoms. The number of rotatable bonds is 2. The Bertz CT molecular complexity index is 2060. The highest BCUT2D eigenvalue weighted by Crippen LogP contribution is 2.38. The number of hydrogen-bond acceptors (Lipinski definition) is 2. The summed E-state index contributed by atoms with van der Waals surface area (Å²) in [4.78, 5) is 7.90. The molecule has 8 rings (SSSR count). The van der Waals surface area contributed by atoms with Gasteiger partial charge in [0.25, 0.3) is 0 Å². The summed E-state index contributed by atoms with van der Waals surface area (Å²) in [5.74, 6) is 0.873. The number of fused-ring (bicyclic) bond motifs is 6. The lowest BCUT2D eigenvalue weighted by atomic mass is 10.1. The minimum Gasteiger partial charge on any atom is -0.325 e. The number of nitrogens with one attached hydrogen (secondary N) is 1. The molecule has 0 saturated heterocycles. The van der Waals surface area contributed by atoms with Gasteiger partial charge in [0.15, 0.2) is 0 Å². The number of hydrogen-bond donors (Lipinski definition) is 1. The molecule has 180 valence electrons. The minimum absolute atomic E-state index is 0.648. The van der Waals surface area contributed by atoms with Crippen LogP contribution in [-0.2, 0) is 0 Å². The Labute approximate surface area is 221 Å². The van der Waals surface area contributed by atoms with Gasteiger partial charge < -0.3 is 5.32 Å². The molecule has 3 nitrogen and oxygen atoms in total. The largest absolute Gasteiger partial charge is 0.325 e. The quantitative estimate of drug-likeness (QED) is 0.241. The summed E-state index contributed by atoms with van der Waals surface area (Å²) in [7, 11) is -1.09. The molecule has 0 unspecified atom stereocenters. The van der Waals surface area contributed by atoms with Gasteiger partial charge in [-0.15, -0.1) is 0 Å². The fourth-order valence-electron chi connectivity index (χ4n) is 6.04. The van der Waals surface area contributed by atoms with Gasteiger partial charge in [-0.1, -0.05) is 115 Å². The fourth-order valence-corrected chi connectivity index (χ4v) is 8.99. The first kappa shape index (κ1) is 21.4. The Morgan fingerprint density at radius 2 is 1.32 bits per heavy atom. The van der Waals surface area contributed by atoms with Gasteiger partial charge in [-0.3, -0.25) is 4.57 Å². The maximum Gasteiger partial charge on any atom is 0.208 e. The van der Waals surface area contributed by atoms with Crippen LogP contribution in [-0.4, -0.2) is 25.5 Å². The predicted octanol–water partition coefficient (Wildman–Crippen LogP) is 7.68. The zero-order chi connectivity index (χ0) is 25.1. The van der Waals surface area contributed by atoms with Crippen molar-refractivity contribution in [2.24, 2.45) is 4.99 Å². The third-order valence-corrected chi connectivity index (χ3v) is 10.5. The molecule has 4 heteroatoms. The van der Waals surface area contributed by atoms with Crippen LogP contribution in [0.1, 0.15) is 5.56 Å². The topological polar surface area (TPSA) is 29.3 Å². The van der Waals surface area contributed by atoms with Gasteiger partial charge in [-0.25, -0.2) is 13.4 Å². The van der Waals surface area contributed by atoms with Crippen molar-refractivity contribution in [2.45, 2.75) is 0 Å². The average Bonchev–Trinajstić information content (AvgIpc) is 3.49. The first-order chi connectivity index (χ1) is 18.9. The summed E-state index contributed by atoms with van der Waals surface area (Å²) in [6.07, 6.45) is 2.16. The SMILES string of the molecule is C1=C(c2ccccc2)NC(n2c3ccccc3c3cc4c(cc32)c2ccccc2[si-]4-c2ccccc2)=NC1. The van der Waals surface area contributed by atoms with Crippen molar-refractivity contribution in [1.82, 2.24) is 9.88 Å². The van der Waals surface area contributed by atoms with Gasteiger partial charge in [0.2, 0.25) is 5.96 Å². The molecule has 0 aliphatic carbocycles. The highest BCUT2D eigenvalue weighted by atomic mass is 28.2. The summed E-state index contributed by atoms with van der Waals surface area (Å²) in [5.41, 5.74) is 4.64. The van der Waals surface area contributed by atoms with Crippen LogP contribution in [0.3, 0.4) is 0 Å². The molecule has 38 heavy (non-hydrogen) atoms. The van der Waals surface area contributed by atoms with Gasteiger partial charge in [0.1, 0.15) is 0 Å². The van der Waals surface area contributed by atoms with Gasteiger partial charge in [-0.05, 0) is 29.2 Å². The molecule has 1 aliphatic rings. The van der Waals surface area contributed by atoms with Crippen LogP contribution < -0.4 is 5.32 Å². The van der Waals surface area contributed by atoms with E-state index in [1.165, 1.54) is 53.3 Å². The third kappa shape index (κ3) is 3.17. The van der Waals surface area contributed by atoms with E-state index in [1.807, 2.05) is 0 Å². The number of aliphatic imine (C=N–C) groups is 1. The standard InChI is InChI=1S/C34H24N3Si/c1-3-11-23(12-4-1)29-19-20-35-34(36-29)37-30-17-9-7-15-25(30)27-22-33-28(21-31(27)37)26-16-8-10-18-32(26)38(33)24-13-5-2-6-14-24/h1-19,21-22H,20H2,(H,35,36)/q-1. The van der Waals surface area contributed by atoms with Crippen LogP contribution in [0.15, 0.2) is 132 Å². The molecule has 0 radical (unpaired) electrons. The summed E-state index contributed by atoms with van der Waals surface area (Å²) < 4.78 is 2.32. The second-order valence-corrected chi connectivity index (χ2v) is 12.2. The summed E-state index contributed by atoms with van der Waals surface area (Å²) >= 11 is 0. The summed E-state index contributed by atoms with van der Waals surface area (Å²) in [5, 5.41) is 10.4. The molecule has 1 N–H and O–H groups in total. The van der Waals surface area contributed by atoms with E-state index in [4.69, 9.17) is 4.99 Å². The van der Waals surface area contributed by atoms with E-state index in [9.17, 15) is 0 Å². The normalized spacial score (nSPS) is 13.7. The predicted molar refractivity (Wildman–Crippen MR) is 163 cm³/mol. The Hall–Kier alpha value is -4.67. The Balaban J connectivity index is 1.42. The highest BCUT2D eigenvalue weighted by Gasteiger charge is 2.18. The van der Waals surface area contributed by atoms with Gasteiger partial charge >= 0.3 is 0 Å². The third-order valence-electron chi connectivity index (χ3n) is 7.71. The van der Waals surface area contributed by atoms with E-state index in [-0.39, 0.29) is 0 Å². The van der Waals surface area contributed by atoms with Crippen molar-refractivity contribution < 1.29 is 0 Å². The van der Waals surface area contributed by atoms with E-state index >= 15 is 0 Å². The van der Waals surface area contributed by atoms with Crippen LogP contribution >= 0.6 is 0 Å². The Morgan fingerprint density at radius 3 is 2.16 bits per heavy atom. The lowest BCUT2D eigenvalue weighted by Gasteiger charge is -2.20. The number of benzene rings is 5. The van der Waals surface area contributed by atoms with Gasteiger partial charge in [0.05, 0.1) is 17.6 Å². The second-order valence-electron chi connectivity index (χ2n) is 9.83. The van der Waals surface area contributed by atoms with Gasteiger partial charge in [-0.2, -0.15) is 15.2 Å². The molecule has 0 amide bonds. The molecular weight excluding hydrogens is 478 g/mol. The zero-order valence-electron chi connectivity index (χ0n) is 20.7. The smallest absolute Gasteiger partial charge is 0.208 e. The van der Waals surface area contributed by atoms with Crippen molar-refractivity contribution in [3.63, 3.8) is 0 Å². The van der Waals surface area contributed by atoms with E-state index in [1.54, 1.807) is 0 Å². The molecule has 0 fully saturated rings. The first-order valence-electron chi connectivity index (χ1n) is 13.0. The van der Waals surface area contributed by atoms with Gasteiger partial charge in [0, 0.05) is 16.5 Å². The summed E-state index contributed by atoms with van der Waals surface area (Å²) in [6.45, 7) is 0.648. The first-order valence-corrected chi connectivity index (χ1v) is 14.5. The molecule has 0 saturated carbocycles. The Kier molecular flexibility index (Phi) is 4.75. The minimum atomic E-state index is -1.09. The van der Waals surface area contributed by atoms with E-state index in [0.717, 1.165) is 11.7 Å². The maximum atomic E-state index is 4.95. The van der Waals surface area contributed by atoms with Crippen LogP contribution in [0.4, 0.5) is 0 Å². The molecular formula is C34H24N3Si-. The lowest BCUT2D eigenvalue weighted by Crippen LogP contribution is -2.31. The number of nitrogens with zero attached hydrogens (tertiary/aromatic N) is 2. The number of para-hydroxylation sites is 1. The van der Waals surface area contributed by atoms with Crippen molar-refractivity contribution in [2.75, 3.05) is 6.54 Å². The molecule has 7 aromatic rings. The van der Waals surface area contributed by atoms with Crippen LogP contribution in [0, 0.1) is 0 Å². The lowest BCUT2D eigenvalue weighted by molar-refractivity contribution is 1.04. The molecule has 3 heterocycles. The van der Waals surface area contributed by atoms with Crippen LogP contribution in [0.2, 0.25) is 0 Å². The van der Waals surface area contributed by atoms with Crippen molar-refractivity contribution >= 4 is 62.6 Å². The highest BCUT2D eigenvalue weighted by molar-refractivity contribution is 6.87.